The molecule has 2 nitrogen and oxygen atoms in total. The van der Waals surface area contributed by atoms with Crippen LogP contribution in [0.15, 0.2) is 35.2 Å². The molecule has 0 amide bonds. The molecule has 1 aromatic carbocycles. The fourth-order valence-corrected chi connectivity index (χ4v) is 3.53. The number of cyclic esters (lactones) is 1. The minimum absolute atomic E-state index is 0.0206. The lowest BCUT2D eigenvalue weighted by Gasteiger charge is -2.29. The van der Waals surface area contributed by atoms with Gasteiger partial charge in [-0.05, 0) is 30.9 Å². The highest BCUT2D eigenvalue weighted by atomic mass is 32.2. The lowest BCUT2D eigenvalue weighted by Crippen LogP contribution is -2.35. The second kappa shape index (κ2) is 6.83. The number of rotatable bonds is 5. The molecule has 1 aromatic rings. The molecule has 0 spiro atoms. The van der Waals surface area contributed by atoms with Gasteiger partial charge in [0.15, 0.2) is 0 Å². The third-order valence-corrected chi connectivity index (χ3v) is 4.70. The molecule has 0 bridgehead atoms. The molecule has 1 aliphatic heterocycles. The Balaban J connectivity index is 2.03. The Hall–Kier alpha value is -0.960. The number of ether oxygens (including phenoxy) is 1. The first-order valence-corrected chi connectivity index (χ1v) is 7.57. The average Bonchev–Trinajstić information content (AvgIpc) is 2.41. The number of esters is 1. The summed E-state index contributed by atoms with van der Waals surface area (Å²) in [5.74, 6) is 0.438. The van der Waals surface area contributed by atoms with E-state index in [9.17, 15) is 4.79 Å². The maximum absolute atomic E-state index is 11.9. The van der Waals surface area contributed by atoms with Crippen molar-refractivity contribution >= 4 is 17.7 Å². The molecule has 0 aromatic heterocycles. The molecule has 0 aliphatic carbocycles. The van der Waals surface area contributed by atoms with Gasteiger partial charge in [0, 0.05) is 4.90 Å². The van der Waals surface area contributed by atoms with Crippen LogP contribution in [0.2, 0.25) is 0 Å². The Kier molecular flexibility index (Phi) is 5.12. The van der Waals surface area contributed by atoms with Crippen molar-refractivity contribution in [1.29, 1.82) is 0 Å². The van der Waals surface area contributed by atoms with E-state index < -0.39 is 0 Å². The second-order valence-corrected chi connectivity index (χ2v) is 5.92. The Morgan fingerprint density at radius 2 is 2.11 bits per heavy atom. The van der Waals surface area contributed by atoms with Gasteiger partial charge >= 0.3 is 5.97 Å². The molecule has 2 atom stereocenters. The van der Waals surface area contributed by atoms with E-state index in [-0.39, 0.29) is 11.2 Å². The van der Waals surface area contributed by atoms with E-state index in [0.29, 0.717) is 12.5 Å². The summed E-state index contributed by atoms with van der Waals surface area (Å²) in [7, 11) is 0. The third kappa shape index (κ3) is 3.52. The van der Waals surface area contributed by atoms with Crippen LogP contribution in [-0.4, -0.2) is 17.8 Å². The predicted molar refractivity (Wildman–Crippen MR) is 74.7 cm³/mol. The van der Waals surface area contributed by atoms with Crippen molar-refractivity contribution in [2.24, 2.45) is 5.92 Å². The number of unbranched alkanes of at least 4 members (excludes halogenated alkanes) is 1. The first kappa shape index (κ1) is 13.5. The van der Waals surface area contributed by atoms with Crippen LogP contribution < -0.4 is 0 Å². The molecule has 3 heteroatoms. The largest absolute Gasteiger partial charge is 0.465 e. The summed E-state index contributed by atoms with van der Waals surface area (Å²) >= 11 is 1.66. The smallest absolute Gasteiger partial charge is 0.319 e. The van der Waals surface area contributed by atoms with Gasteiger partial charge in [0.2, 0.25) is 0 Å². The van der Waals surface area contributed by atoms with E-state index in [1.54, 1.807) is 11.8 Å². The fourth-order valence-electron chi connectivity index (χ4n) is 2.29. The summed E-state index contributed by atoms with van der Waals surface area (Å²) in [5, 5.41) is -0.0206. The Bertz CT molecular complexity index is 377. The zero-order valence-electron chi connectivity index (χ0n) is 10.8. The SMILES string of the molecule is CCCCC1CCOC(=O)C1Sc1ccccc1. The highest BCUT2D eigenvalue weighted by molar-refractivity contribution is 8.00. The normalized spacial score (nSPS) is 23.7. The zero-order valence-corrected chi connectivity index (χ0v) is 11.6. The van der Waals surface area contributed by atoms with Crippen molar-refractivity contribution in [3.05, 3.63) is 30.3 Å². The van der Waals surface area contributed by atoms with Crippen molar-refractivity contribution in [3.63, 3.8) is 0 Å². The van der Waals surface area contributed by atoms with Crippen molar-refractivity contribution in [2.45, 2.75) is 42.8 Å². The van der Waals surface area contributed by atoms with Gasteiger partial charge in [-0.15, -0.1) is 11.8 Å². The van der Waals surface area contributed by atoms with E-state index in [0.717, 1.165) is 17.7 Å². The van der Waals surface area contributed by atoms with Gasteiger partial charge in [-0.1, -0.05) is 38.0 Å². The standard InChI is InChI=1S/C15H20O2S/c1-2-3-7-12-10-11-17-15(16)14(12)18-13-8-5-4-6-9-13/h4-6,8-9,12,14H,2-3,7,10-11H2,1H3. The fraction of sp³-hybridized carbons (Fsp3) is 0.533. The number of hydrogen-bond acceptors (Lipinski definition) is 3. The summed E-state index contributed by atoms with van der Waals surface area (Å²) in [6.07, 6.45) is 4.53. The average molecular weight is 264 g/mol. The van der Waals surface area contributed by atoms with Crippen LogP contribution in [0.4, 0.5) is 0 Å². The monoisotopic (exact) mass is 264 g/mol. The van der Waals surface area contributed by atoms with Gasteiger partial charge in [0.05, 0.1) is 6.61 Å². The van der Waals surface area contributed by atoms with E-state index in [4.69, 9.17) is 4.74 Å². The van der Waals surface area contributed by atoms with Crippen LogP contribution in [0.3, 0.4) is 0 Å². The van der Waals surface area contributed by atoms with Crippen molar-refractivity contribution in [1.82, 2.24) is 0 Å². The van der Waals surface area contributed by atoms with Gasteiger partial charge in [0.25, 0.3) is 0 Å². The van der Waals surface area contributed by atoms with Crippen molar-refractivity contribution < 1.29 is 9.53 Å². The maximum atomic E-state index is 11.9. The number of carbonyl (C=O) groups is 1. The van der Waals surface area contributed by atoms with Crippen LogP contribution in [0.5, 0.6) is 0 Å². The van der Waals surface area contributed by atoms with Gasteiger partial charge in [-0.25, -0.2) is 0 Å². The number of benzene rings is 1. The Morgan fingerprint density at radius 3 is 2.83 bits per heavy atom. The molecule has 2 rings (SSSR count). The molecule has 0 saturated carbocycles. The van der Waals surface area contributed by atoms with Crippen LogP contribution in [0.1, 0.15) is 32.6 Å². The van der Waals surface area contributed by atoms with Crippen LogP contribution in [0.25, 0.3) is 0 Å². The lowest BCUT2D eigenvalue weighted by atomic mass is 9.93. The lowest BCUT2D eigenvalue weighted by molar-refractivity contribution is -0.148. The summed E-state index contributed by atoms with van der Waals surface area (Å²) in [6.45, 7) is 2.79. The summed E-state index contributed by atoms with van der Waals surface area (Å²) in [5.41, 5.74) is 0. The maximum Gasteiger partial charge on any atom is 0.319 e. The predicted octanol–water partition coefficient (Wildman–Crippen LogP) is 3.90. The van der Waals surface area contributed by atoms with E-state index in [1.165, 1.54) is 12.8 Å². The topological polar surface area (TPSA) is 26.3 Å². The molecular weight excluding hydrogens is 244 g/mol. The summed E-state index contributed by atoms with van der Waals surface area (Å²) < 4.78 is 5.21. The van der Waals surface area contributed by atoms with Gasteiger partial charge in [-0.3, -0.25) is 4.79 Å². The van der Waals surface area contributed by atoms with Gasteiger partial charge < -0.3 is 4.74 Å². The van der Waals surface area contributed by atoms with Crippen LogP contribution >= 0.6 is 11.8 Å². The van der Waals surface area contributed by atoms with Crippen LogP contribution in [-0.2, 0) is 9.53 Å². The molecule has 18 heavy (non-hydrogen) atoms. The highest BCUT2D eigenvalue weighted by Crippen LogP contribution is 2.35. The Labute approximate surface area is 113 Å². The summed E-state index contributed by atoms with van der Waals surface area (Å²) in [6, 6.07) is 10.1. The van der Waals surface area contributed by atoms with E-state index >= 15 is 0 Å². The van der Waals surface area contributed by atoms with Crippen molar-refractivity contribution in [3.8, 4) is 0 Å². The molecular formula is C15H20O2S. The molecule has 1 aliphatic rings. The molecule has 1 fully saturated rings. The summed E-state index contributed by atoms with van der Waals surface area (Å²) in [4.78, 5) is 13.1. The van der Waals surface area contributed by atoms with Crippen LogP contribution in [0, 0.1) is 5.92 Å². The zero-order chi connectivity index (χ0) is 12.8. The van der Waals surface area contributed by atoms with Gasteiger partial charge in [-0.2, -0.15) is 0 Å². The van der Waals surface area contributed by atoms with Gasteiger partial charge in [0.1, 0.15) is 5.25 Å². The Morgan fingerprint density at radius 1 is 1.33 bits per heavy atom. The molecule has 1 heterocycles. The van der Waals surface area contributed by atoms with E-state index in [2.05, 4.69) is 19.1 Å². The molecule has 98 valence electrons. The highest BCUT2D eigenvalue weighted by Gasteiger charge is 2.33. The minimum atomic E-state index is -0.0313. The number of thioether (sulfide) groups is 1. The minimum Gasteiger partial charge on any atom is -0.465 e. The first-order valence-electron chi connectivity index (χ1n) is 6.69. The molecule has 1 saturated heterocycles. The van der Waals surface area contributed by atoms with E-state index in [1.807, 2.05) is 18.2 Å². The van der Waals surface area contributed by atoms with Crippen molar-refractivity contribution in [2.75, 3.05) is 6.61 Å². The molecule has 0 radical (unpaired) electrons. The quantitative estimate of drug-likeness (QED) is 0.754. The number of carbonyl (C=O) groups excluding carboxylic acids is 1. The number of hydrogen-bond donors (Lipinski definition) is 0. The first-order chi connectivity index (χ1) is 8.81. The second-order valence-electron chi connectivity index (χ2n) is 4.71. The third-order valence-electron chi connectivity index (χ3n) is 3.33. The molecule has 0 N–H and O–H groups in total. The molecule has 2 unspecified atom stereocenters.